The summed E-state index contributed by atoms with van der Waals surface area (Å²) in [4.78, 5) is 72.8. The minimum atomic E-state index is -4.97. The first-order valence-corrected chi connectivity index (χ1v) is 41.5. The maximum absolute atomic E-state index is 13.1. The molecular weight excluding hydrogens is 1260 g/mol. The van der Waals surface area contributed by atoms with Gasteiger partial charge in [-0.3, -0.25) is 37.3 Å². The van der Waals surface area contributed by atoms with Crippen LogP contribution in [0.5, 0.6) is 0 Å². The fourth-order valence-electron chi connectivity index (χ4n) is 10.6. The van der Waals surface area contributed by atoms with Crippen molar-refractivity contribution in [3.8, 4) is 0 Å². The van der Waals surface area contributed by atoms with E-state index in [4.69, 9.17) is 37.0 Å². The average Bonchev–Trinajstić information content (AvgIpc) is 3.12. The summed E-state index contributed by atoms with van der Waals surface area (Å²) in [6, 6.07) is 0. The van der Waals surface area contributed by atoms with E-state index < -0.39 is 97.5 Å². The highest BCUT2D eigenvalue weighted by molar-refractivity contribution is 7.47. The second-order valence-corrected chi connectivity index (χ2v) is 28.8. The lowest BCUT2D eigenvalue weighted by Gasteiger charge is -2.21. The number of phosphoric acid groups is 2. The van der Waals surface area contributed by atoms with E-state index in [1.54, 1.807) is 0 Å². The van der Waals surface area contributed by atoms with Crippen molar-refractivity contribution in [2.75, 3.05) is 39.6 Å². The number of phosphoric ester groups is 2. The molecule has 0 spiro atoms. The van der Waals surface area contributed by atoms with Crippen molar-refractivity contribution in [3.63, 3.8) is 0 Å². The summed E-state index contributed by atoms with van der Waals surface area (Å²) in [5.41, 5.74) is 0. The standard InChI is InChI=1S/C77H140O17P2/c1-5-9-13-17-21-25-29-33-34-35-36-40-42-46-50-54-58-62-75(80)88-68-73(94-77(82)64-60-56-52-48-44-39-32-28-24-20-16-12-8-4)70-92-96(85,86)90-66-71(78)65-89-95(83,84)91-69-72(93-76(81)63-59-55-51-47-43-38-31-27-23-19-15-11-7-3)67-87-74(79)61-57-53-49-45-41-37-30-26-22-18-14-10-6-2/h9,13,21,25-27,30-31,33-34,71-73,78H,5-8,10-12,14-20,22-24,28-29,32,35-70H2,1-4H3,(H,83,84)(H,85,86)/b13-9-,25-21-,30-26-,31-27-,34-33-. The maximum Gasteiger partial charge on any atom is 0.472 e. The van der Waals surface area contributed by atoms with Gasteiger partial charge in [0.1, 0.15) is 19.3 Å². The van der Waals surface area contributed by atoms with Gasteiger partial charge in [-0.25, -0.2) is 9.13 Å². The molecule has 0 saturated heterocycles. The molecule has 19 heteroatoms. The molecule has 0 amide bonds. The Morgan fingerprint density at radius 2 is 0.542 bits per heavy atom. The number of hydrogen-bond acceptors (Lipinski definition) is 15. The third-order valence-electron chi connectivity index (χ3n) is 16.5. The topological polar surface area (TPSA) is 237 Å². The second kappa shape index (κ2) is 70.2. The van der Waals surface area contributed by atoms with Gasteiger partial charge in [0.2, 0.25) is 0 Å². The molecule has 0 aliphatic heterocycles. The predicted molar refractivity (Wildman–Crippen MR) is 390 cm³/mol. The zero-order valence-electron chi connectivity index (χ0n) is 61.1. The Balaban J connectivity index is 5.31. The van der Waals surface area contributed by atoms with Crippen molar-refractivity contribution in [2.45, 2.75) is 367 Å². The van der Waals surface area contributed by atoms with Crippen molar-refractivity contribution in [2.24, 2.45) is 0 Å². The monoisotopic (exact) mass is 1400 g/mol. The van der Waals surface area contributed by atoms with Crippen molar-refractivity contribution in [3.05, 3.63) is 60.8 Å². The van der Waals surface area contributed by atoms with Crippen molar-refractivity contribution in [1.29, 1.82) is 0 Å². The number of carbonyl (C=O) groups excluding carboxylic acids is 4. The van der Waals surface area contributed by atoms with E-state index in [1.165, 1.54) is 103 Å². The van der Waals surface area contributed by atoms with E-state index in [2.05, 4.69) is 88.5 Å². The Morgan fingerprint density at radius 3 is 0.854 bits per heavy atom. The number of carbonyl (C=O) groups is 4. The molecule has 560 valence electrons. The Bertz CT molecular complexity index is 2060. The zero-order chi connectivity index (χ0) is 70.4. The molecule has 0 aromatic rings. The van der Waals surface area contributed by atoms with Crippen molar-refractivity contribution >= 4 is 39.5 Å². The summed E-state index contributed by atoms with van der Waals surface area (Å²) < 4.78 is 68.5. The van der Waals surface area contributed by atoms with E-state index in [-0.39, 0.29) is 25.7 Å². The quantitative estimate of drug-likeness (QED) is 0.0169. The third kappa shape index (κ3) is 69.2. The SMILES string of the molecule is CC/C=C\C/C=C\C/C=C\CCCCCCCCCC(=O)OCC(COP(=O)(O)OCC(O)COP(=O)(O)OCC(COC(=O)CCCCCCC/C=C\CCCCCC)OC(=O)CCCCCCC/C=C\CCCCCC)OC(=O)CCCCCCCCCCCCCCC. The molecule has 5 atom stereocenters. The molecule has 3 N–H and O–H groups in total. The number of aliphatic hydroxyl groups excluding tert-OH is 1. The van der Waals surface area contributed by atoms with Gasteiger partial charge in [0.15, 0.2) is 12.2 Å². The minimum absolute atomic E-state index is 0.0876. The average molecular weight is 1400 g/mol. The molecule has 17 nitrogen and oxygen atoms in total. The Labute approximate surface area is 584 Å². The van der Waals surface area contributed by atoms with Gasteiger partial charge in [-0.15, -0.1) is 0 Å². The lowest BCUT2D eigenvalue weighted by Crippen LogP contribution is -2.30. The van der Waals surface area contributed by atoms with Crippen LogP contribution in [0.1, 0.15) is 349 Å². The first-order valence-electron chi connectivity index (χ1n) is 38.5. The molecular formula is C77H140O17P2. The van der Waals surface area contributed by atoms with Crippen LogP contribution in [0.2, 0.25) is 0 Å². The van der Waals surface area contributed by atoms with Gasteiger partial charge < -0.3 is 33.8 Å². The van der Waals surface area contributed by atoms with Gasteiger partial charge in [0.25, 0.3) is 0 Å². The Kier molecular flexibility index (Phi) is 67.8. The third-order valence-corrected chi connectivity index (χ3v) is 18.4. The molecule has 0 radical (unpaired) electrons. The molecule has 0 bridgehead atoms. The Hall–Kier alpha value is -3.24. The second-order valence-electron chi connectivity index (χ2n) is 25.9. The van der Waals surface area contributed by atoms with E-state index in [1.807, 2.05) is 0 Å². The summed E-state index contributed by atoms with van der Waals surface area (Å²) in [6.07, 6.45) is 67.8. The van der Waals surface area contributed by atoms with Gasteiger partial charge in [0.05, 0.1) is 26.4 Å². The van der Waals surface area contributed by atoms with Crippen molar-refractivity contribution in [1.82, 2.24) is 0 Å². The summed E-state index contributed by atoms with van der Waals surface area (Å²) in [5.74, 6) is -2.17. The van der Waals surface area contributed by atoms with E-state index in [9.17, 15) is 43.2 Å². The molecule has 0 heterocycles. The van der Waals surface area contributed by atoms with Crippen LogP contribution in [0.25, 0.3) is 0 Å². The number of unbranched alkanes of at least 4 members (excludes halogenated alkanes) is 37. The van der Waals surface area contributed by atoms with Crippen LogP contribution in [0.15, 0.2) is 60.8 Å². The predicted octanol–water partition coefficient (Wildman–Crippen LogP) is 21.9. The molecule has 0 aliphatic rings. The van der Waals surface area contributed by atoms with Crippen LogP contribution in [-0.2, 0) is 65.4 Å². The van der Waals surface area contributed by atoms with E-state index in [0.717, 1.165) is 167 Å². The number of hydrogen-bond donors (Lipinski definition) is 3. The van der Waals surface area contributed by atoms with Crippen LogP contribution in [0.3, 0.4) is 0 Å². The first kappa shape index (κ1) is 92.8. The highest BCUT2D eigenvalue weighted by atomic mass is 31.2. The molecule has 0 fully saturated rings. The highest BCUT2D eigenvalue weighted by Crippen LogP contribution is 2.45. The molecule has 96 heavy (non-hydrogen) atoms. The van der Waals surface area contributed by atoms with E-state index in [0.29, 0.717) is 25.7 Å². The number of allylic oxidation sites excluding steroid dienone is 10. The number of aliphatic hydroxyl groups is 1. The van der Waals surface area contributed by atoms with Crippen LogP contribution < -0.4 is 0 Å². The normalized spacial score (nSPS) is 14.3. The van der Waals surface area contributed by atoms with Gasteiger partial charge in [0, 0.05) is 25.7 Å². The zero-order valence-corrected chi connectivity index (χ0v) is 62.8. The van der Waals surface area contributed by atoms with Crippen LogP contribution >= 0.6 is 15.6 Å². The summed E-state index contributed by atoms with van der Waals surface area (Å²) in [5, 5.41) is 10.6. The van der Waals surface area contributed by atoms with Crippen molar-refractivity contribution < 1.29 is 80.2 Å². The molecule has 5 unspecified atom stereocenters. The summed E-state index contributed by atoms with van der Waals surface area (Å²) >= 11 is 0. The van der Waals surface area contributed by atoms with Gasteiger partial charge in [-0.1, -0.05) is 275 Å². The largest absolute Gasteiger partial charge is 0.472 e. The smallest absolute Gasteiger partial charge is 0.462 e. The fourth-order valence-corrected chi connectivity index (χ4v) is 12.2. The van der Waals surface area contributed by atoms with Gasteiger partial charge in [-0.2, -0.15) is 0 Å². The molecule has 0 saturated carbocycles. The van der Waals surface area contributed by atoms with Crippen LogP contribution in [0.4, 0.5) is 0 Å². The molecule has 0 rings (SSSR count). The summed E-state index contributed by atoms with van der Waals surface area (Å²) in [7, 11) is -9.94. The summed E-state index contributed by atoms with van der Waals surface area (Å²) in [6.45, 7) is 4.76. The number of ether oxygens (including phenoxy) is 4. The van der Waals surface area contributed by atoms with Gasteiger partial charge in [-0.05, 0) is 109 Å². The van der Waals surface area contributed by atoms with E-state index >= 15 is 0 Å². The lowest BCUT2D eigenvalue weighted by atomic mass is 10.0. The lowest BCUT2D eigenvalue weighted by molar-refractivity contribution is -0.161. The van der Waals surface area contributed by atoms with Gasteiger partial charge >= 0.3 is 39.5 Å². The van der Waals surface area contributed by atoms with Crippen LogP contribution in [0, 0.1) is 0 Å². The highest BCUT2D eigenvalue weighted by Gasteiger charge is 2.30. The Morgan fingerprint density at radius 1 is 0.302 bits per heavy atom. The fraction of sp³-hybridized carbons (Fsp3) is 0.818. The maximum atomic E-state index is 13.1. The molecule has 0 aromatic carbocycles. The van der Waals surface area contributed by atoms with Crippen LogP contribution in [-0.4, -0.2) is 96.7 Å². The minimum Gasteiger partial charge on any atom is -0.462 e. The first-order chi connectivity index (χ1) is 46.7. The number of esters is 4. The molecule has 0 aliphatic carbocycles. The number of rotatable bonds is 73. The molecule has 0 aromatic heterocycles.